The molecule has 3 N–H and O–H groups in total. The molecule has 1 aromatic carbocycles. The van der Waals surface area contributed by atoms with Crippen LogP contribution in [0.2, 0.25) is 0 Å². The van der Waals surface area contributed by atoms with E-state index in [1.807, 2.05) is 0 Å². The summed E-state index contributed by atoms with van der Waals surface area (Å²) in [5, 5.41) is 11.3. The summed E-state index contributed by atoms with van der Waals surface area (Å²) in [4.78, 5) is 11.9. The molecular weight excluding hydrogens is 428 g/mol. The van der Waals surface area contributed by atoms with E-state index in [-0.39, 0.29) is 0 Å². The fourth-order valence-electron chi connectivity index (χ4n) is 4.95. The van der Waals surface area contributed by atoms with E-state index in [2.05, 4.69) is 65.3 Å². The van der Waals surface area contributed by atoms with Gasteiger partial charge in [-0.05, 0) is 82.0 Å². The van der Waals surface area contributed by atoms with Gasteiger partial charge in [0.15, 0.2) is 5.11 Å². The van der Waals surface area contributed by atoms with Crippen LogP contribution in [0.15, 0.2) is 30.3 Å². The lowest BCUT2D eigenvalue weighted by molar-refractivity contribution is 0.385. The summed E-state index contributed by atoms with van der Waals surface area (Å²) in [5.41, 5.74) is 3.96. The van der Waals surface area contributed by atoms with Gasteiger partial charge in [-0.15, -0.1) is 0 Å². The van der Waals surface area contributed by atoms with E-state index < -0.39 is 0 Å². The lowest BCUT2D eigenvalue weighted by Crippen LogP contribution is -2.45. The van der Waals surface area contributed by atoms with E-state index >= 15 is 0 Å². The quantitative estimate of drug-likeness (QED) is 0.397. The molecule has 1 saturated carbocycles. The predicted octanol–water partition coefficient (Wildman–Crippen LogP) is 4.24. The van der Waals surface area contributed by atoms with E-state index in [1.54, 1.807) is 0 Å². The number of nitrogens with one attached hydrogen (secondary N) is 3. The number of hydrogen-bond donors (Lipinski definition) is 3. The monoisotopic (exact) mass is 466 g/mol. The largest absolute Gasteiger partial charge is 0.363 e. The fraction of sp³-hybridized carbons (Fsp3) is 0.577. The number of anilines is 2. The van der Waals surface area contributed by atoms with Gasteiger partial charge >= 0.3 is 0 Å². The Hall–Kier alpha value is -2.41. The van der Waals surface area contributed by atoms with Gasteiger partial charge < -0.3 is 20.9 Å². The summed E-state index contributed by atoms with van der Waals surface area (Å²) in [5.74, 6) is 1.88. The highest BCUT2D eigenvalue weighted by Crippen LogP contribution is 2.29. The van der Waals surface area contributed by atoms with Crippen molar-refractivity contribution in [2.75, 3.05) is 30.9 Å². The maximum atomic E-state index is 5.53. The van der Waals surface area contributed by atoms with E-state index in [0.717, 1.165) is 74.8 Å². The molecule has 1 heterocycles. The number of fused-ring (bicyclic) bond motifs is 1. The SMILES string of the molecule is CN(C)c1nc(N[C@H]2CC[C@@H](NC(=S)NCCCc3ccccc3)CC2)nc2c1CCCC2. The molecule has 1 aromatic heterocycles. The molecule has 178 valence electrons. The maximum Gasteiger partial charge on any atom is 0.225 e. The van der Waals surface area contributed by atoms with Gasteiger partial charge in [0, 0.05) is 38.3 Å². The molecule has 0 radical (unpaired) electrons. The van der Waals surface area contributed by atoms with Crippen molar-refractivity contribution in [1.82, 2.24) is 20.6 Å². The number of benzene rings is 1. The van der Waals surface area contributed by atoms with Crippen LogP contribution in [0.3, 0.4) is 0 Å². The minimum absolute atomic E-state index is 0.423. The molecule has 0 unspecified atom stereocenters. The standard InChI is InChI=1S/C26H38N6S/c1-32(2)24-22-12-6-7-13-23(22)30-25(31-24)28-20-14-16-21(17-15-20)29-26(33)27-18-8-11-19-9-4-3-5-10-19/h3-5,9-10,20-21H,6-8,11-18H2,1-2H3,(H2,27,29,33)(H,28,30,31)/t20-,21+. The average molecular weight is 467 g/mol. The van der Waals surface area contributed by atoms with Crippen LogP contribution in [0.4, 0.5) is 11.8 Å². The van der Waals surface area contributed by atoms with Crippen molar-refractivity contribution in [2.45, 2.75) is 76.3 Å². The third-order valence-electron chi connectivity index (χ3n) is 6.75. The second kappa shape index (κ2) is 11.6. The van der Waals surface area contributed by atoms with Crippen LogP contribution < -0.4 is 20.9 Å². The van der Waals surface area contributed by atoms with Crippen LogP contribution in [0.1, 0.15) is 61.8 Å². The smallest absolute Gasteiger partial charge is 0.225 e. The average Bonchev–Trinajstić information content (AvgIpc) is 2.83. The Morgan fingerprint density at radius 2 is 1.73 bits per heavy atom. The molecule has 0 atom stereocenters. The van der Waals surface area contributed by atoms with Crippen molar-refractivity contribution in [3.63, 3.8) is 0 Å². The number of nitrogens with zero attached hydrogens (tertiary/aromatic N) is 3. The Morgan fingerprint density at radius 3 is 2.48 bits per heavy atom. The van der Waals surface area contributed by atoms with Crippen molar-refractivity contribution >= 4 is 29.1 Å². The third-order valence-corrected chi connectivity index (χ3v) is 7.01. The first kappa shape index (κ1) is 23.7. The number of thiocarbonyl (C=S) groups is 1. The van der Waals surface area contributed by atoms with Gasteiger partial charge in [-0.3, -0.25) is 0 Å². The van der Waals surface area contributed by atoms with Gasteiger partial charge in [-0.25, -0.2) is 4.98 Å². The second-order valence-corrected chi connectivity index (χ2v) is 9.99. The zero-order valence-electron chi connectivity index (χ0n) is 20.1. The normalized spacial score (nSPS) is 19.9. The molecule has 33 heavy (non-hydrogen) atoms. The summed E-state index contributed by atoms with van der Waals surface area (Å²) >= 11 is 5.53. The van der Waals surface area contributed by atoms with Gasteiger partial charge in [-0.1, -0.05) is 30.3 Å². The Kier molecular flexibility index (Phi) is 8.37. The highest BCUT2D eigenvalue weighted by Gasteiger charge is 2.24. The lowest BCUT2D eigenvalue weighted by Gasteiger charge is -2.31. The topological polar surface area (TPSA) is 65.1 Å². The van der Waals surface area contributed by atoms with Gasteiger partial charge in [0.1, 0.15) is 5.82 Å². The number of aromatic nitrogens is 2. The first-order valence-corrected chi connectivity index (χ1v) is 12.9. The molecule has 4 rings (SSSR count). The van der Waals surface area contributed by atoms with E-state index in [4.69, 9.17) is 22.2 Å². The van der Waals surface area contributed by atoms with Crippen molar-refractivity contribution < 1.29 is 0 Å². The van der Waals surface area contributed by atoms with Gasteiger partial charge in [0.05, 0.1) is 5.69 Å². The van der Waals surface area contributed by atoms with Crippen molar-refractivity contribution in [3.8, 4) is 0 Å². The molecule has 0 saturated heterocycles. The molecule has 2 aliphatic rings. The van der Waals surface area contributed by atoms with E-state index in [1.165, 1.54) is 29.7 Å². The lowest BCUT2D eigenvalue weighted by atomic mass is 9.91. The molecule has 2 aliphatic carbocycles. The summed E-state index contributed by atoms with van der Waals surface area (Å²) < 4.78 is 0. The van der Waals surface area contributed by atoms with Crippen molar-refractivity contribution in [3.05, 3.63) is 47.2 Å². The Morgan fingerprint density at radius 1 is 1.00 bits per heavy atom. The van der Waals surface area contributed by atoms with Crippen LogP contribution in [-0.4, -0.2) is 47.8 Å². The summed E-state index contributed by atoms with van der Waals surface area (Å²) in [7, 11) is 4.16. The minimum Gasteiger partial charge on any atom is -0.363 e. The van der Waals surface area contributed by atoms with Gasteiger partial charge in [0.2, 0.25) is 5.95 Å². The molecule has 0 amide bonds. The number of hydrogen-bond acceptors (Lipinski definition) is 5. The Bertz CT molecular complexity index is 908. The van der Waals surface area contributed by atoms with Crippen molar-refractivity contribution in [1.29, 1.82) is 0 Å². The van der Waals surface area contributed by atoms with Crippen LogP contribution in [-0.2, 0) is 19.3 Å². The zero-order chi connectivity index (χ0) is 23.0. The maximum absolute atomic E-state index is 5.53. The highest BCUT2D eigenvalue weighted by molar-refractivity contribution is 7.80. The van der Waals surface area contributed by atoms with Crippen LogP contribution in [0.25, 0.3) is 0 Å². The molecule has 0 aliphatic heterocycles. The van der Waals surface area contributed by atoms with Crippen LogP contribution >= 0.6 is 12.2 Å². The minimum atomic E-state index is 0.423. The molecule has 7 heteroatoms. The molecule has 6 nitrogen and oxygen atoms in total. The van der Waals surface area contributed by atoms with E-state index in [0.29, 0.717) is 12.1 Å². The Labute approximate surface area is 204 Å². The zero-order valence-corrected chi connectivity index (χ0v) is 20.9. The number of rotatable bonds is 8. The van der Waals surface area contributed by atoms with Crippen LogP contribution in [0, 0.1) is 0 Å². The first-order chi connectivity index (χ1) is 16.1. The molecule has 0 spiro atoms. The Balaban J connectivity index is 1.19. The summed E-state index contributed by atoms with van der Waals surface area (Å²) in [6.07, 6.45) is 11.2. The third kappa shape index (κ3) is 6.79. The van der Waals surface area contributed by atoms with Gasteiger partial charge in [-0.2, -0.15) is 4.98 Å². The first-order valence-electron chi connectivity index (χ1n) is 12.5. The molecule has 0 bridgehead atoms. The van der Waals surface area contributed by atoms with Crippen molar-refractivity contribution in [2.24, 2.45) is 0 Å². The van der Waals surface area contributed by atoms with E-state index in [9.17, 15) is 0 Å². The highest BCUT2D eigenvalue weighted by atomic mass is 32.1. The summed E-state index contributed by atoms with van der Waals surface area (Å²) in [6, 6.07) is 11.5. The van der Waals surface area contributed by atoms with Crippen LogP contribution in [0.5, 0.6) is 0 Å². The second-order valence-electron chi connectivity index (χ2n) is 9.58. The number of aryl methyl sites for hydroxylation is 2. The summed E-state index contributed by atoms with van der Waals surface area (Å²) in [6.45, 7) is 0.904. The predicted molar refractivity (Wildman–Crippen MR) is 141 cm³/mol. The molecule has 1 fully saturated rings. The fourth-order valence-corrected chi connectivity index (χ4v) is 5.22. The molecular formula is C26H38N6S. The molecule has 2 aromatic rings. The van der Waals surface area contributed by atoms with Gasteiger partial charge in [0.25, 0.3) is 0 Å².